The molecular formula is C23H21ClN2O6S. The molecule has 3 rings (SSSR count). The highest BCUT2D eigenvalue weighted by atomic mass is 35.5. The third-order valence-electron chi connectivity index (χ3n) is 4.20. The number of para-hydroxylation sites is 1. The van der Waals surface area contributed by atoms with Crippen molar-refractivity contribution in [2.75, 3.05) is 18.5 Å². The predicted molar refractivity (Wildman–Crippen MR) is 126 cm³/mol. The number of imide groups is 1. The number of anilines is 1. The molecule has 1 saturated heterocycles. The Kier molecular flexibility index (Phi) is 8.13. The topological polar surface area (TPSA) is 102 Å². The van der Waals surface area contributed by atoms with E-state index >= 15 is 0 Å². The normalized spacial score (nSPS) is 14.7. The second-order valence-electron chi connectivity index (χ2n) is 7.20. The molecular weight excluding hydrogens is 468 g/mol. The van der Waals surface area contributed by atoms with Crippen LogP contribution in [-0.2, 0) is 19.1 Å². The summed E-state index contributed by atoms with van der Waals surface area (Å²) in [5.41, 5.74) is 1.20. The molecule has 1 N–H and O–H groups in total. The van der Waals surface area contributed by atoms with E-state index < -0.39 is 23.7 Å². The molecule has 1 heterocycles. The fourth-order valence-corrected chi connectivity index (χ4v) is 3.88. The number of halogens is 1. The Bertz CT molecular complexity index is 1100. The molecule has 10 heteroatoms. The molecule has 3 amide bonds. The van der Waals surface area contributed by atoms with Crippen LogP contribution in [0.15, 0.2) is 53.4 Å². The number of amides is 3. The minimum atomic E-state index is -0.658. The van der Waals surface area contributed by atoms with Crippen LogP contribution in [0.1, 0.15) is 19.4 Å². The number of hydrogen-bond acceptors (Lipinski definition) is 7. The number of carbonyl (C=O) groups is 4. The third kappa shape index (κ3) is 6.84. The second-order valence-corrected chi connectivity index (χ2v) is 8.60. The lowest BCUT2D eigenvalue weighted by molar-refractivity contribution is -0.149. The van der Waals surface area contributed by atoms with E-state index in [1.165, 1.54) is 6.08 Å². The fourth-order valence-electron chi connectivity index (χ4n) is 2.80. The monoisotopic (exact) mass is 488 g/mol. The first-order chi connectivity index (χ1) is 15.7. The third-order valence-corrected chi connectivity index (χ3v) is 5.40. The first kappa shape index (κ1) is 24.3. The Balaban J connectivity index is 1.61. The molecule has 8 nitrogen and oxygen atoms in total. The van der Waals surface area contributed by atoms with Crippen LogP contribution in [0.25, 0.3) is 6.08 Å². The molecule has 2 aromatic carbocycles. The quantitative estimate of drug-likeness (QED) is 0.435. The number of esters is 1. The van der Waals surface area contributed by atoms with Gasteiger partial charge < -0.3 is 14.8 Å². The molecule has 0 saturated carbocycles. The number of thioether (sulfide) groups is 1. The Morgan fingerprint density at radius 1 is 1.15 bits per heavy atom. The SMILES string of the molecule is CC(C)OC(=O)CN1C(=O)S/C(=C\c2ccc(OCC(=O)Nc3ccccc3)c(Cl)c2)C1=O. The van der Waals surface area contributed by atoms with E-state index in [-0.39, 0.29) is 28.5 Å². The molecule has 0 bridgehead atoms. The standard InChI is InChI=1S/C23H21ClN2O6S/c1-14(2)32-21(28)12-26-22(29)19(33-23(26)30)11-15-8-9-18(17(24)10-15)31-13-20(27)25-16-6-4-3-5-7-16/h3-11,14H,12-13H2,1-2H3,(H,25,27)/b19-11-. The van der Waals surface area contributed by atoms with Crippen LogP contribution >= 0.6 is 23.4 Å². The van der Waals surface area contributed by atoms with Crippen molar-refractivity contribution in [1.29, 1.82) is 0 Å². The fraction of sp³-hybridized carbons (Fsp3) is 0.217. The minimum Gasteiger partial charge on any atom is -0.482 e. The van der Waals surface area contributed by atoms with Gasteiger partial charge in [-0.05, 0) is 61.5 Å². The highest BCUT2D eigenvalue weighted by Gasteiger charge is 2.36. The van der Waals surface area contributed by atoms with Gasteiger partial charge in [-0.15, -0.1) is 0 Å². The van der Waals surface area contributed by atoms with E-state index in [0.29, 0.717) is 17.0 Å². The van der Waals surface area contributed by atoms with Crippen molar-refractivity contribution >= 4 is 58.1 Å². The van der Waals surface area contributed by atoms with E-state index in [2.05, 4.69) is 5.32 Å². The van der Waals surface area contributed by atoms with Crippen LogP contribution in [0.5, 0.6) is 5.75 Å². The summed E-state index contributed by atoms with van der Waals surface area (Å²) < 4.78 is 10.5. The van der Waals surface area contributed by atoms with Gasteiger partial charge in [0, 0.05) is 5.69 Å². The van der Waals surface area contributed by atoms with Gasteiger partial charge in [0.25, 0.3) is 17.1 Å². The largest absolute Gasteiger partial charge is 0.482 e. The zero-order chi connectivity index (χ0) is 24.0. The molecule has 1 fully saturated rings. The molecule has 0 unspecified atom stereocenters. The molecule has 2 aromatic rings. The summed E-state index contributed by atoms with van der Waals surface area (Å²) in [6.45, 7) is 2.68. The lowest BCUT2D eigenvalue weighted by atomic mass is 10.2. The highest BCUT2D eigenvalue weighted by molar-refractivity contribution is 8.18. The van der Waals surface area contributed by atoms with Gasteiger partial charge in [-0.2, -0.15) is 0 Å². The molecule has 0 aromatic heterocycles. The Morgan fingerprint density at radius 3 is 2.55 bits per heavy atom. The van der Waals surface area contributed by atoms with Crippen LogP contribution in [0.3, 0.4) is 0 Å². The number of carbonyl (C=O) groups excluding carboxylic acids is 4. The zero-order valence-corrected chi connectivity index (χ0v) is 19.4. The Labute approximate surface area is 199 Å². The number of nitrogens with zero attached hydrogens (tertiary/aromatic N) is 1. The van der Waals surface area contributed by atoms with Crippen molar-refractivity contribution in [3.63, 3.8) is 0 Å². The van der Waals surface area contributed by atoms with Gasteiger partial charge in [0.15, 0.2) is 6.61 Å². The summed E-state index contributed by atoms with van der Waals surface area (Å²) in [7, 11) is 0. The average molecular weight is 489 g/mol. The maximum atomic E-state index is 12.5. The van der Waals surface area contributed by atoms with Crippen molar-refractivity contribution in [1.82, 2.24) is 4.90 Å². The molecule has 172 valence electrons. The first-order valence-corrected chi connectivity index (χ1v) is 11.1. The van der Waals surface area contributed by atoms with Crippen LogP contribution in [0.4, 0.5) is 10.5 Å². The predicted octanol–water partition coefficient (Wildman–Crippen LogP) is 4.35. The lowest BCUT2D eigenvalue weighted by Gasteiger charge is -2.13. The van der Waals surface area contributed by atoms with Gasteiger partial charge in [-0.1, -0.05) is 35.9 Å². The smallest absolute Gasteiger partial charge is 0.326 e. The van der Waals surface area contributed by atoms with Gasteiger partial charge >= 0.3 is 5.97 Å². The summed E-state index contributed by atoms with van der Waals surface area (Å²) in [5.74, 6) is -1.29. The molecule has 0 radical (unpaired) electrons. The zero-order valence-electron chi connectivity index (χ0n) is 17.9. The van der Waals surface area contributed by atoms with Gasteiger partial charge in [0.05, 0.1) is 16.0 Å². The van der Waals surface area contributed by atoms with E-state index in [4.69, 9.17) is 21.1 Å². The van der Waals surface area contributed by atoms with E-state index in [9.17, 15) is 19.2 Å². The minimum absolute atomic E-state index is 0.157. The van der Waals surface area contributed by atoms with Crippen LogP contribution < -0.4 is 10.1 Å². The number of nitrogens with one attached hydrogen (secondary N) is 1. The van der Waals surface area contributed by atoms with E-state index in [1.807, 2.05) is 6.07 Å². The summed E-state index contributed by atoms with van der Waals surface area (Å²) in [6.07, 6.45) is 1.15. The maximum absolute atomic E-state index is 12.5. The van der Waals surface area contributed by atoms with Crippen molar-refractivity contribution < 1.29 is 28.7 Å². The molecule has 33 heavy (non-hydrogen) atoms. The van der Waals surface area contributed by atoms with Crippen molar-refractivity contribution in [3.05, 3.63) is 64.0 Å². The van der Waals surface area contributed by atoms with Gasteiger partial charge in [0.1, 0.15) is 12.3 Å². The van der Waals surface area contributed by atoms with Gasteiger partial charge in [-0.25, -0.2) is 0 Å². The molecule has 1 aliphatic heterocycles. The summed E-state index contributed by atoms with van der Waals surface area (Å²) in [6, 6.07) is 13.7. The van der Waals surface area contributed by atoms with Crippen LogP contribution in [0.2, 0.25) is 5.02 Å². The Morgan fingerprint density at radius 2 is 1.88 bits per heavy atom. The average Bonchev–Trinajstić information content (AvgIpc) is 3.00. The summed E-state index contributed by atoms with van der Waals surface area (Å²) >= 11 is 6.98. The van der Waals surface area contributed by atoms with Crippen molar-refractivity contribution in [2.24, 2.45) is 0 Å². The van der Waals surface area contributed by atoms with Crippen LogP contribution in [0, 0.1) is 0 Å². The first-order valence-electron chi connectivity index (χ1n) is 9.95. The number of rotatable bonds is 8. The molecule has 0 atom stereocenters. The molecule has 0 aliphatic carbocycles. The van der Waals surface area contributed by atoms with Crippen molar-refractivity contribution in [3.8, 4) is 5.75 Å². The number of hydrogen-bond donors (Lipinski definition) is 1. The van der Waals surface area contributed by atoms with Gasteiger partial charge in [0.2, 0.25) is 0 Å². The number of benzene rings is 2. The molecule has 0 spiro atoms. The van der Waals surface area contributed by atoms with Crippen LogP contribution in [-0.4, -0.2) is 47.2 Å². The molecule has 1 aliphatic rings. The maximum Gasteiger partial charge on any atom is 0.326 e. The van der Waals surface area contributed by atoms with Crippen molar-refractivity contribution in [2.45, 2.75) is 20.0 Å². The second kappa shape index (κ2) is 11.0. The highest BCUT2D eigenvalue weighted by Crippen LogP contribution is 2.33. The number of ether oxygens (including phenoxy) is 2. The van der Waals surface area contributed by atoms with E-state index in [0.717, 1.165) is 16.7 Å². The Hall–Kier alpha value is -3.30. The summed E-state index contributed by atoms with van der Waals surface area (Å²) in [5, 5.41) is 2.38. The summed E-state index contributed by atoms with van der Waals surface area (Å²) in [4.78, 5) is 49.5. The van der Waals surface area contributed by atoms with Gasteiger partial charge in [-0.3, -0.25) is 24.1 Å². The lowest BCUT2D eigenvalue weighted by Crippen LogP contribution is -2.35. The van der Waals surface area contributed by atoms with E-state index in [1.54, 1.807) is 56.3 Å².